The summed E-state index contributed by atoms with van der Waals surface area (Å²) in [4.78, 5) is 10.4. The lowest BCUT2D eigenvalue weighted by Gasteiger charge is -2.10. The normalized spacial score (nSPS) is 10.0. The lowest BCUT2D eigenvalue weighted by molar-refractivity contribution is -0.384. The molecule has 0 radical (unpaired) electrons. The highest BCUT2D eigenvalue weighted by Crippen LogP contribution is 2.20. The van der Waals surface area contributed by atoms with E-state index in [1.54, 1.807) is 6.07 Å². The molecular weight excluding hydrogens is 282 g/mol. The van der Waals surface area contributed by atoms with Crippen LogP contribution < -0.4 is 5.32 Å². The fraction of sp³-hybridized carbons (Fsp3) is 0.188. The Kier molecular flexibility index (Phi) is 5.07. The van der Waals surface area contributed by atoms with Gasteiger partial charge in [-0.2, -0.15) is 5.26 Å². The number of non-ortho nitro benzene ring substituents is 1. The van der Waals surface area contributed by atoms with Gasteiger partial charge in [0.2, 0.25) is 0 Å². The van der Waals surface area contributed by atoms with Crippen LogP contribution in [-0.4, -0.2) is 10.0 Å². The Hall–Kier alpha value is -2.91. The molecule has 2 aromatic carbocycles. The first-order valence-corrected chi connectivity index (χ1v) is 6.71. The van der Waals surface area contributed by atoms with Crippen LogP contribution in [0.1, 0.15) is 16.7 Å². The number of nitro benzene ring substituents is 1. The summed E-state index contributed by atoms with van der Waals surface area (Å²) in [5, 5.41) is 32.0. The van der Waals surface area contributed by atoms with Crippen molar-refractivity contribution in [1.29, 1.82) is 5.26 Å². The molecule has 0 spiro atoms. The molecule has 0 atom stereocenters. The maximum atomic E-state index is 10.8. The summed E-state index contributed by atoms with van der Waals surface area (Å²) in [5.74, 6) is 0. The highest BCUT2D eigenvalue weighted by atomic mass is 16.6. The van der Waals surface area contributed by atoms with Crippen molar-refractivity contribution in [3.05, 3.63) is 69.3 Å². The molecule has 0 aliphatic carbocycles. The minimum Gasteiger partial charge on any atom is -0.392 e. The van der Waals surface area contributed by atoms with Crippen molar-refractivity contribution in [1.82, 2.24) is 0 Å². The van der Waals surface area contributed by atoms with Gasteiger partial charge in [0, 0.05) is 24.4 Å². The minimum atomic E-state index is -0.460. The molecule has 2 aromatic rings. The zero-order valence-electron chi connectivity index (χ0n) is 11.8. The first kappa shape index (κ1) is 15.5. The summed E-state index contributed by atoms with van der Waals surface area (Å²) in [6, 6.07) is 13.9. The van der Waals surface area contributed by atoms with Crippen LogP contribution in [0.5, 0.6) is 0 Å². The van der Waals surface area contributed by atoms with Gasteiger partial charge in [-0.15, -0.1) is 0 Å². The zero-order chi connectivity index (χ0) is 15.9. The maximum Gasteiger partial charge on any atom is 0.269 e. The Labute approximate surface area is 127 Å². The van der Waals surface area contributed by atoms with Crippen molar-refractivity contribution in [2.45, 2.75) is 19.6 Å². The van der Waals surface area contributed by atoms with Gasteiger partial charge in [0.25, 0.3) is 5.69 Å². The largest absolute Gasteiger partial charge is 0.392 e. The number of aliphatic hydroxyl groups is 1. The first-order chi connectivity index (χ1) is 10.6. The molecule has 6 nitrogen and oxygen atoms in total. The average molecular weight is 297 g/mol. The standard InChI is InChI=1S/C16H15N3O3/c17-7-6-12-2-1-3-15(8-12)18-10-14-9-16(19(21)22)5-4-13(14)11-20/h1-5,8-9,18,20H,6,10-11H2. The predicted octanol–water partition coefficient (Wildman–Crippen LogP) is 2.77. The average Bonchev–Trinajstić information content (AvgIpc) is 2.53. The fourth-order valence-electron chi connectivity index (χ4n) is 2.12. The van der Waals surface area contributed by atoms with E-state index in [1.807, 2.05) is 24.3 Å². The third-order valence-electron chi connectivity index (χ3n) is 3.26. The summed E-state index contributed by atoms with van der Waals surface area (Å²) in [5.41, 5.74) is 3.03. The van der Waals surface area contributed by atoms with Crippen molar-refractivity contribution in [3.8, 4) is 6.07 Å². The molecule has 2 rings (SSSR count). The summed E-state index contributed by atoms with van der Waals surface area (Å²) in [7, 11) is 0. The molecule has 0 saturated heterocycles. The van der Waals surface area contributed by atoms with E-state index in [0.717, 1.165) is 11.3 Å². The summed E-state index contributed by atoms with van der Waals surface area (Å²) >= 11 is 0. The van der Waals surface area contributed by atoms with Crippen LogP contribution in [0.2, 0.25) is 0 Å². The lowest BCUT2D eigenvalue weighted by Crippen LogP contribution is -2.04. The van der Waals surface area contributed by atoms with Crippen LogP contribution in [0.3, 0.4) is 0 Å². The number of hydrogen-bond donors (Lipinski definition) is 2. The fourth-order valence-corrected chi connectivity index (χ4v) is 2.12. The third-order valence-corrected chi connectivity index (χ3v) is 3.26. The van der Waals surface area contributed by atoms with Gasteiger partial charge in [-0.1, -0.05) is 12.1 Å². The van der Waals surface area contributed by atoms with E-state index in [0.29, 0.717) is 24.1 Å². The van der Waals surface area contributed by atoms with Crippen LogP contribution in [0.15, 0.2) is 42.5 Å². The van der Waals surface area contributed by atoms with E-state index in [1.165, 1.54) is 12.1 Å². The monoisotopic (exact) mass is 297 g/mol. The van der Waals surface area contributed by atoms with Gasteiger partial charge in [-0.05, 0) is 34.9 Å². The second-order valence-corrected chi connectivity index (χ2v) is 4.76. The molecule has 0 unspecified atom stereocenters. The van der Waals surface area contributed by atoms with Crippen LogP contribution in [-0.2, 0) is 19.6 Å². The number of nitro groups is 1. The zero-order valence-corrected chi connectivity index (χ0v) is 11.8. The number of anilines is 1. The number of nitrogens with zero attached hydrogens (tertiary/aromatic N) is 2. The molecule has 0 aliphatic heterocycles. The number of rotatable bonds is 6. The third kappa shape index (κ3) is 3.81. The van der Waals surface area contributed by atoms with Gasteiger partial charge in [-0.3, -0.25) is 10.1 Å². The van der Waals surface area contributed by atoms with Crippen LogP contribution >= 0.6 is 0 Å². The molecule has 0 aliphatic rings. The number of benzene rings is 2. The number of aliphatic hydroxyl groups excluding tert-OH is 1. The van der Waals surface area contributed by atoms with E-state index in [9.17, 15) is 15.2 Å². The SMILES string of the molecule is N#CCc1cccc(NCc2cc([N+](=O)[O-])ccc2CO)c1. The molecule has 0 amide bonds. The molecule has 0 bridgehead atoms. The van der Waals surface area contributed by atoms with E-state index >= 15 is 0 Å². The van der Waals surface area contributed by atoms with Crippen LogP contribution in [0, 0.1) is 21.4 Å². The number of nitriles is 1. The summed E-state index contributed by atoms with van der Waals surface area (Å²) < 4.78 is 0. The Bertz CT molecular complexity index is 723. The van der Waals surface area contributed by atoms with Gasteiger partial charge < -0.3 is 10.4 Å². The molecular formula is C16H15N3O3. The van der Waals surface area contributed by atoms with Crippen LogP contribution in [0.25, 0.3) is 0 Å². The van der Waals surface area contributed by atoms with E-state index in [-0.39, 0.29) is 12.3 Å². The van der Waals surface area contributed by atoms with Crippen LogP contribution in [0.4, 0.5) is 11.4 Å². The molecule has 0 saturated carbocycles. The van der Waals surface area contributed by atoms with Crippen molar-refractivity contribution >= 4 is 11.4 Å². The number of hydrogen-bond acceptors (Lipinski definition) is 5. The Morgan fingerprint density at radius 3 is 2.73 bits per heavy atom. The van der Waals surface area contributed by atoms with Crippen molar-refractivity contribution in [2.75, 3.05) is 5.32 Å². The van der Waals surface area contributed by atoms with E-state index < -0.39 is 4.92 Å². The smallest absolute Gasteiger partial charge is 0.269 e. The minimum absolute atomic E-state index is 0.00719. The van der Waals surface area contributed by atoms with Gasteiger partial charge >= 0.3 is 0 Å². The highest BCUT2D eigenvalue weighted by molar-refractivity contribution is 5.48. The van der Waals surface area contributed by atoms with Gasteiger partial charge in [0.15, 0.2) is 0 Å². The van der Waals surface area contributed by atoms with E-state index in [2.05, 4.69) is 11.4 Å². The summed E-state index contributed by atoms with van der Waals surface area (Å²) in [6.07, 6.45) is 0.328. The Morgan fingerprint density at radius 1 is 1.23 bits per heavy atom. The Morgan fingerprint density at radius 2 is 2.05 bits per heavy atom. The van der Waals surface area contributed by atoms with Gasteiger partial charge in [-0.25, -0.2) is 0 Å². The molecule has 6 heteroatoms. The quantitative estimate of drug-likeness (QED) is 0.631. The number of nitrogens with one attached hydrogen (secondary N) is 1. The molecule has 112 valence electrons. The molecule has 0 fully saturated rings. The second kappa shape index (κ2) is 7.20. The molecule has 0 aromatic heterocycles. The van der Waals surface area contributed by atoms with Crippen molar-refractivity contribution in [3.63, 3.8) is 0 Å². The van der Waals surface area contributed by atoms with Gasteiger partial charge in [0.05, 0.1) is 24.0 Å². The van der Waals surface area contributed by atoms with Crippen molar-refractivity contribution < 1.29 is 10.0 Å². The predicted molar refractivity (Wildman–Crippen MR) is 82.1 cm³/mol. The van der Waals surface area contributed by atoms with Crippen molar-refractivity contribution in [2.24, 2.45) is 0 Å². The van der Waals surface area contributed by atoms with E-state index in [4.69, 9.17) is 5.26 Å². The maximum absolute atomic E-state index is 10.8. The summed E-state index contributed by atoms with van der Waals surface area (Å²) in [6.45, 7) is 0.178. The topological polar surface area (TPSA) is 99.2 Å². The highest BCUT2D eigenvalue weighted by Gasteiger charge is 2.10. The molecule has 22 heavy (non-hydrogen) atoms. The lowest BCUT2D eigenvalue weighted by atomic mass is 10.1. The first-order valence-electron chi connectivity index (χ1n) is 6.71. The van der Waals surface area contributed by atoms with Gasteiger partial charge in [0.1, 0.15) is 0 Å². The second-order valence-electron chi connectivity index (χ2n) is 4.76. The Balaban J connectivity index is 2.17. The molecule has 0 heterocycles. The molecule has 2 N–H and O–H groups in total.